The van der Waals surface area contributed by atoms with Gasteiger partial charge in [-0.1, -0.05) is 30.3 Å². The third kappa shape index (κ3) is 4.79. The van der Waals surface area contributed by atoms with E-state index in [0.717, 1.165) is 18.5 Å². The van der Waals surface area contributed by atoms with Gasteiger partial charge in [-0.05, 0) is 30.9 Å². The second kappa shape index (κ2) is 8.27. The fourth-order valence-electron chi connectivity index (χ4n) is 3.48. The zero-order valence-corrected chi connectivity index (χ0v) is 15.2. The number of benzene rings is 1. The van der Waals surface area contributed by atoms with Gasteiger partial charge in [0.05, 0.1) is 18.7 Å². The van der Waals surface area contributed by atoms with E-state index in [1.165, 1.54) is 0 Å². The van der Waals surface area contributed by atoms with Crippen LogP contribution in [0.2, 0.25) is 0 Å². The van der Waals surface area contributed by atoms with Gasteiger partial charge in [0.2, 0.25) is 11.9 Å². The lowest BCUT2D eigenvalue weighted by molar-refractivity contribution is -0.133. The van der Waals surface area contributed by atoms with E-state index in [0.29, 0.717) is 38.3 Å². The summed E-state index contributed by atoms with van der Waals surface area (Å²) >= 11 is 0. The molecule has 0 radical (unpaired) electrons. The molecule has 1 fully saturated rings. The van der Waals surface area contributed by atoms with Gasteiger partial charge in [-0.15, -0.1) is 0 Å². The summed E-state index contributed by atoms with van der Waals surface area (Å²) < 4.78 is 0. The Morgan fingerprint density at radius 1 is 1.23 bits per heavy atom. The van der Waals surface area contributed by atoms with Crippen molar-refractivity contribution in [3.05, 3.63) is 54.4 Å². The molecule has 2 aromatic rings. The Labute approximate surface area is 154 Å². The van der Waals surface area contributed by atoms with Gasteiger partial charge in [-0.3, -0.25) is 4.79 Å². The molecule has 6 heteroatoms. The number of carbonyl (C=O) groups is 1. The molecule has 1 amide bonds. The van der Waals surface area contributed by atoms with Crippen LogP contribution >= 0.6 is 0 Å². The summed E-state index contributed by atoms with van der Waals surface area (Å²) in [7, 11) is 1.77. The second-order valence-electron chi connectivity index (χ2n) is 7.03. The molecule has 1 saturated heterocycles. The number of aryl methyl sites for hydroxylation is 1. The monoisotopic (exact) mass is 354 g/mol. The van der Waals surface area contributed by atoms with E-state index in [4.69, 9.17) is 0 Å². The molecule has 1 atom stereocenters. The largest absolute Gasteiger partial charge is 0.386 e. The molecule has 0 bridgehead atoms. The van der Waals surface area contributed by atoms with E-state index in [-0.39, 0.29) is 5.91 Å². The van der Waals surface area contributed by atoms with E-state index in [2.05, 4.69) is 9.97 Å². The van der Waals surface area contributed by atoms with Crippen molar-refractivity contribution < 1.29 is 9.90 Å². The van der Waals surface area contributed by atoms with E-state index < -0.39 is 5.60 Å². The summed E-state index contributed by atoms with van der Waals surface area (Å²) in [6.45, 7) is 1.58. The molecule has 26 heavy (non-hydrogen) atoms. The van der Waals surface area contributed by atoms with Crippen LogP contribution in [-0.4, -0.2) is 58.2 Å². The number of aromatic nitrogens is 2. The van der Waals surface area contributed by atoms with Gasteiger partial charge in [-0.2, -0.15) is 0 Å². The highest BCUT2D eigenvalue weighted by molar-refractivity contribution is 5.76. The number of hydrogen-bond donors (Lipinski definition) is 1. The van der Waals surface area contributed by atoms with E-state index >= 15 is 0 Å². The fourth-order valence-corrected chi connectivity index (χ4v) is 3.48. The van der Waals surface area contributed by atoms with Crippen LogP contribution in [0.15, 0.2) is 48.8 Å². The molecule has 6 nitrogen and oxygen atoms in total. The van der Waals surface area contributed by atoms with Crippen LogP contribution in [0.4, 0.5) is 5.95 Å². The first-order valence-electron chi connectivity index (χ1n) is 9.08. The number of piperidine rings is 1. The minimum absolute atomic E-state index is 0.0513. The Hall–Kier alpha value is -2.47. The maximum Gasteiger partial charge on any atom is 0.225 e. The normalized spacial score (nSPS) is 20.0. The van der Waals surface area contributed by atoms with Gasteiger partial charge in [0.25, 0.3) is 0 Å². The van der Waals surface area contributed by atoms with Crippen LogP contribution in [0.25, 0.3) is 0 Å². The van der Waals surface area contributed by atoms with Gasteiger partial charge < -0.3 is 14.9 Å². The topological polar surface area (TPSA) is 69.6 Å². The molecule has 138 valence electrons. The predicted molar refractivity (Wildman–Crippen MR) is 101 cm³/mol. The first kappa shape index (κ1) is 18.3. The Morgan fingerprint density at radius 2 is 1.96 bits per heavy atom. The summed E-state index contributed by atoms with van der Waals surface area (Å²) in [6.07, 6.45) is 6.09. The lowest BCUT2D eigenvalue weighted by atomic mass is 9.92. The maximum atomic E-state index is 12.5. The molecule has 0 saturated carbocycles. The summed E-state index contributed by atoms with van der Waals surface area (Å²) in [6, 6.07) is 11.8. The van der Waals surface area contributed by atoms with Crippen LogP contribution in [0.1, 0.15) is 24.8 Å². The fraction of sp³-hybridized carbons (Fsp3) is 0.450. The quantitative estimate of drug-likeness (QED) is 0.858. The minimum atomic E-state index is -0.936. The number of rotatable bonds is 6. The molecule has 1 aromatic heterocycles. The van der Waals surface area contributed by atoms with E-state index in [1.807, 2.05) is 35.2 Å². The van der Waals surface area contributed by atoms with Crippen LogP contribution in [0.3, 0.4) is 0 Å². The number of aliphatic hydroxyl groups is 1. The number of nitrogens with zero attached hydrogens (tertiary/aromatic N) is 4. The van der Waals surface area contributed by atoms with Crippen LogP contribution < -0.4 is 4.90 Å². The molecule has 0 aliphatic carbocycles. The number of carbonyl (C=O) groups excluding carboxylic acids is 1. The van der Waals surface area contributed by atoms with Gasteiger partial charge in [-0.25, -0.2) is 9.97 Å². The molecule has 1 aliphatic rings. The van der Waals surface area contributed by atoms with Crippen molar-refractivity contribution in [3.8, 4) is 0 Å². The standard InChI is InChI=1S/C20H26N4O2/c1-23(18(25)10-9-17-7-3-2-4-8-17)15-20(26)11-5-14-24(16-20)19-21-12-6-13-22-19/h2-4,6-8,12-13,26H,5,9-11,14-16H2,1H3. The Kier molecular flexibility index (Phi) is 5.83. The average molecular weight is 354 g/mol. The molecular formula is C20H26N4O2. The molecule has 1 aliphatic heterocycles. The van der Waals surface area contributed by atoms with Crippen LogP contribution in [0.5, 0.6) is 0 Å². The molecular weight excluding hydrogens is 328 g/mol. The molecule has 3 rings (SSSR count). The highest BCUT2D eigenvalue weighted by Gasteiger charge is 2.36. The van der Waals surface area contributed by atoms with Crippen LogP contribution in [0, 0.1) is 0 Å². The number of amides is 1. The highest BCUT2D eigenvalue weighted by atomic mass is 16.3. The van der Waals surface area contributed by atoms with Gasteiger partial charge in [0, 0.05) is 32.4 Å². The predicted octanol–water partition coefficient (Wildman–Crippen LogP) is 1.90. The SMILES string of the molecule is CN(CC1(O)CCCN(c2ncccn2)C1)C(=O)CCc1ccccc1. The number of anilines is 1. The third-order valence-corrected chi connectivity index (χ3v) is 4.82. The van der Waals surface area contributed by atoms with Crippen molar-refractivity contribution >= 4 is 11.9 Å². The smallest absolute Gasteiger partial charge is 0.225 e. The summed E-state index contributed by atoms with van der Waals surface area (Å²) in [5, 5.41) is 11.0. The van der Waals surface area contributed by atoms with Crippen LogP contribution in [-0.2, 0) is 11.2 Å². The molecule has 1 N–H and O–H groups in total. The van der Waals surface area contributed by atoms with Crippen molar-refractivity contribution in [1.82, 2.24) is 14.9 Å². The minimum Gasteiger partial charge on any atom is -0.386 e. The Morgan fingerprint density at radius 3 is 2.69 bits per heavy atom. The summed E-state index contributed by atoms with van der Waals surface area (Å²) in [4.78, 5) is 24.6. The van der Waals surface area contributed by atoms with Crippen molar-refractivity contribution in [2.45, 2.75) is 31.3 Å². The van der Waals surface area contributed by atoms with Crippen molar-refractivity contribution in [2.24, 2.45) is 0 Å². The first-order chi connectivity index (χ1) is 12.6. The summed E-state index contributed by atoms with van der Waals surface area (Å²) in [5.74, 6) is 0.680. The first-order valence-corrected chi connectivity index (χ1v) is 9.08. The van der Waals surface area contributed by atoms with Gasteiger partial charge >= 0.3 is 0 Å². The second-order valence-corrected chi connectivity index (χ2v) is 7.03. The number of β-amino-alcohol motifs (C(OH)–C–C–N with tert-alkyl or cyclic N) is 1. The summed E-state index contributed by atoms with van der Waals surface area (Å²) in [5.41, 5.74) is 0.215. The zero-order chi connectivity index (χ0) is 18.4. The van der Waals surface area contributed by atoms with Crippen molar-refractivity contribution in [1.29, 1.82) is 0 Å². The van der Waals surface area contributed by atoms with E-state index in [9.17, 15) is 9.90 Å². The molecule has 2 heterocycles. The third-order valence-electron chi connectivity index (χ3n) is 4.82. The molecule has 1 aromatic carbocycles. The Bertz CT molecular complexity index is 710. The number of hydrogen-bond acceptors (Lipinski definition) is 5. The van der Waals surface area contributed by atoms with Crippen molar-refractivity contribution in [2.75, 3.05) is 31.6 Å². The van der Waals surface area contributed by atoms with E-state index in [1.54, 1.807) is 30.4 Å². The lowest BCUT2D eigenvalue weighted by Crippen LogP contribution is -2.55. The number of likely N-dealkylation sites (N-methyl/N-ethyl adjacent to an activating group) is 1. The van der Waals surface area contributed by atoms with Gasteiger partial charge in [0.1, 0.15) is 0 Å². The molecule has 1 unspecified atom stereocenters. The zero-order valence-electron chi connectivity index (χ0n) is 15.2. The average Bonchev–Trinajstić information content (AvgIpc) is 2.67. The molecule has 0 spiro atoms. The lowest BCUT2D eigenvalue weighted by Gasteiger charge is -2.41. The Balaban J connectivity index is 1.55. The maximum absolute atomic E-state index is 12.5. The highest BCUT2D eigenvalue weighted by Crippen LogP contribution is 2.24. The van der Waals surface area contributed by atoms with Crippen molar-refractivity contribution in [3.63, 3.8) is 0 Å². The van der Waals surface area contributed by atoms with Gasteiger partial charge in [0.15, 0.2) is 0 Å².